The van der Waals surface area contributed by atoms with Crippen LogP contribution in [0.1, 0.15) is 31.7 Å². The Morgan fingerprint density at radius 1 is 1.50 bits per heavy atom. The lowest BCUT2D eigenvalue weighted by molar-refractivity contribution is -0.123. The number of thiophene rings is 1. The van der Waals surface area contributed by atoms with Crippen LogP contribution in [0.15, 0.2) is 22.7 Å². The fraction of sp³-hybridized carbons (Fsp3) is 0.500. The van der Waals surface area contributed by atoms with E-state index in [1.807, 2.05) is 31.4 Å². The molecule has 6 heteroatoms. The number of hydrogen-bond acceptors (Lipinski definition) is 4. The summed E-state index contributed by atoms with van der Waals surface area (Å²) >= 11 is 1.60. The van der Waals surface area contributed by atoms with Crippen LogP contribution in [-0.2, 0) is 4.79 Å². The first-order valence-corrected chi connectivity index (χ1v) is 6.66. The van der Waals surface area contributed by atoms with Gasteiger partial charge in [-0.2, -0.15) is 0 Å². The van der Waals surface area contributed by atoms with Gasteiger partial charge in [0.25, 0.3) is 0 Å². The van der Waals surface area contributed by atoms with Gasteiger partial charge in [-0.3, -0.25) is 4.79 Å². The molecule has 0 spiro atoms. The summed E-state index contributed by atoms with van der Waals surface area (Å²) in [4.78, 5) is 13.1. The molecule has 1 aromatic rings. The summed E-state index contributed by atoms with van der Waals surface area (Å²) in [5.74, 6) is -0.693. The van der Waals surface area contributed by atoms with Crippen molar-refractivity contribution < 1.29 is 10.0 Å². The fourth-order valence-corrected chi connectivity index (χ4v) is 2.48. The van der Waals surface area contributed by atoms with E-state index in [1.165, 1.54) is 0 Å². The van der Waals surface area contributed by atoms with Gasteiger partial charge in [-0.25, -0.2) is 0 Å². The number of nitrogens with one attached hydrogen (secondary N) is 1. The van der Waals surface area contributed by atoms with Crippen molar-refractivity contribution in [3.8, 4) is 0 Å². The summed E-state index contributed by atoms with van der Waals surface area (Å²) in [6, 6.07) is 3.89. The van der Waals surface area contributed by atoms with Gasteiger partial charge in [-0.05, 0) is 24.3 Å². The van der Waals surface area contributed by atoms with E-state index < -0.39 is 5.92 Å². The van der Waals surface area contributed by atoms with Crippen LogP contribution in [0.3, 0.4) is 0 Å². The van der Waals surface area contributed by atoms with Gasteiger partial charge >= 0.3 is 0 Å². The molecular formula is C12H19N3O2S. The molecule has 18 heavy (non-hydrogen) atoms. The van der Waals surface area contributed by atoms with Gasteiger partial charge in [0.1, 0.15) is 0 Å². The third-order valence-corrected chi connectivity index (χ3v) is 3.72. The molecule has 1 rings (SSSR count). The maximum atomic E-state index is 12.0. The largest absolute Gasteiger partial charge is 0.409 e. The van der Waals surface area contributed by atoms with Gasteiger partial charge in [0.05, 0.1) is 12.0 Å². The zero-order valence-corrected chi connectivity index (χ0v) is 11.6. The Morgan fingerprint density at radius 3 is 2.61 bits per heavy atom. The van der Waals surface area contributed by atoms with Gasteiger partial charge in [-0.15, -0.1) is 11.3 Å². The number of hydrogen-bond donors (Lipinski definition) is 3. The van der Waals surface area contributed by atoms with Crippen LogP contribution in [-0.4, -0.2) is 17.0 Å². The number of carbonyl (C=O) groups is 1. The van der Waals surface area contributed by atoms with Crippen molar-refractivity contribution in [1.82, 2.24) is 5.32 Å². The molecule has 0 bridgehead atoms. The highest BCUT2D eigenvalue weighted by Crippen LogP contribution is 2.26. The molecule has 2 unspecified atom stereocenters. The maximum Gasteiger partial charge on any atom is 0.231 e. The predicted molar refractivity (Wildman–Crippen MR) is 72.6 cm³/mol. The molecular weight excluding hydrogens is 250 g/mol. The maximum absolute atomic E-state index is 12.0. The van der Waals surface area contributed by atoms with Crippen LogP contribution in [0, 0.1) is 11.8 Å². The first-order chi connectivity index (χ1) is 8.47. The van der Waals surface area contributed by atoms with Crippen molar-refractivity contribution in [2.24, 2.45) is 22.7 Å². The highest BCUT2D eigenvalue weighted by molar-refractivity contribution is 7.10. The van der Waals surface area contributed by atoms with Crippen molar-refractivity contribution in [3.63, 3.8) is 0 Å². The number of carbonyl (C=O) groups excluding carboxylic acids is 1. The number of rotatable bonds is 5. The van der Waals surface area contributed by atoms with Gasteiger partial charge in [0.15, 0.2) is 5.84 Å². The van der Waals surface area contributed by atoms with Crippen LogP contribution in [0.2, 0.25) is 0 Å². The minimum atomic E-state index is -0.642. The van der Waals surface area contributed by atoms with Gasteiger partial charge in [0.2, 0.25) is 5.91 Å². The lowest BCUT2D eigenvalue weighted by Gasteiger charge is -2.23. The van der Waals surface area contributed by atoms with E-state index in [2.05, 4.69) is 10.5 Å². The second kappa shape index (κ2) is 6.39. The molecule has 4 N–H and O–H groups in total. The molecule has 0 aliphatic heterocycles. The molecule has 1 aromatic heterocycles. The average molecular weight is 269 g/mol. The van der Waals surface area contributed by atoms with E-state index in [-0.39, 0.29) is 23.7 Å². The lowest BCUT2D eigenvalue weighted by atomic mass is 10.0. The summed E-state index contributed by atoms with van der Waals surface area (Å²) < 4.78 is 0. The van der Waals surface area contributed by atoms with E-state index in [9.17, 15) is 4.79 Å². The van der Waals surface area contributed by atoms with Crippen molar-refractivity contribution in [2.75, 3.05) is 0 Å². The molecule has 0 saturated heterocycles. The predicted octanol–water partition coefficient (Wildman–Crippen LogP) is 1.94. The summed E-state index contributed by atoms with van der Waals surface area (Å²) in [6.45, 7) is 5.69. The normalized spacial score (nSPS) is 15.4. The molecule has 0 saturated carbocycles. The van der Waals surface area contributed by atoms with E-state index >= 15 is 0 Å². The van der Waals surface area contributed by atoms with Crippen molar-refractivity contribution in [2.45, 2.75) is 26.8 Å². The van der Waals surface area contributed by atoms with Crippen LogP contribution in [0.4, 0.5) is 0 Å². The Balaban J connectivity index is 2.77. The van der Waals surface area contributed by atoms with Crippen molar-refractivity contribution in [3.05, 3.63) is 22.4 Å². The number of amidine groups is 1. The monoisotopic (exact) mass is 269 g/mol. The van der Waals surface area contributed by atoms with Crippen molar-refractivity contribution in [1.29, 1.82) is 0 Å². The topological polar surface area (TPSA) is 87.7 Å². The second-order valence-electron chi connectivity index (χ2n) is 4.49. The van der Waals surface area contributed by atoms with E-state index in [4.69, 9.17) is 10.9 Å². The number of nitrogens with two attached hydrogens (primary N) is 1. The third-order valence-electron chi connectivity index (χ3n) is 2.77. The molecule has 1 amide bonds. The zero-order valence-electron chi connectivity index (χ0n) is 10.8. The van der Waals surface area contributed by atoms with Gasteiger partial charge in [-0.1, -0.05) is 25.1 Å². The second-order valence-corrected chi connectivity index (χ2v) is 5.47. The molecule has 1 heterocycles. The molecule has 0 radical (unpaired) electrons. The lowest BCUT2D eigenvalue weighted by Crippen LogP contribution is -2.40. The third kappa shape index (κ3) is 3.46. The molecule has 0 aromatic carbocycles. The van der Waals surface area contributed by atoms with Crippen LogP contribution in [0.5, 0.6) is 0 Å². The Bertz CT molecular complexity index is 415. The molecule has 0 fully saturated rings. The van der Waals surface area contributed by atoms with E-state index in [0.29, 0.717) is 0 Å². The standard InChI is InChI=1S/C12H19N3O2S/c1-7(2)10(9-5-4-6-18-9)14-12(16)8(3)11(13)15-17/h4-8,10,17H,1-3H3,(H2,13,15)(H,14,16). The Labute approximate surface area is 111 Å². The van der Waals surface area contributed by atoms with Crippen LogP contribution in [0.25, 0.3) is 0 Å². The Morgan fingerprint density at radius 2 is 2.17 bits per heavy atom. The van der Waals surface area contributed by atoms with E-state index in [1.54, 1.807) is 18.3 Å². The quantitative estimate of drug-likeness (QED) is 0.330. The van der Waals surface area contributed by atoms with Gasteiger partial charge in [0, 0.05) is 4.88 Å². The fourth-order valence-electron chi connectivity index (χ4n) is 1.53. The Kier molecular flexibility index (Phi) is 5.15. The molecule has 0 aliphatic rings. The summed E-state index contributed by atoms with van der Waals surface area (Å²) in [7, 11) is 0. The number of amides is 1. The minimum absolute atomic E-state index is 0.0496. The highest BCUT2D eigenvalue weighted by atomic mass is 32.1. The molecule has 2 atom stereocenters. The molecule has 5 nitrogen and oxygen atoms in total. The average Bonchev–Trinajstić information content (AvgIpc) is 2.86. The van der Waals surface area contributed by atoms with Crippen LogP contribution < -0.4 is 11.1 Å². The van der Waals surface area contributed by atoms with Crippen molar-refractivity contribution >= 4 is 23.1 Å². The zero-order chi connectivity index (χ0) is 13.7. The molecule has 0 aliphatic carbocycles. The first kappa shape index (κ1) is 14.5. The van der Waals surface area contributed by atoms with Gasteiger partial charge < -0.3 is 16.3 Å². The summed E-state index contributed by atoms with van der Waals surface area (Å²) in [5, 5.41) is 16.3. The first-order valence-electron chi connectivity index (χ1n) is 5.78. The SMILES string of the molecule is CC(C(=O)NC(c1cccs1)C(C)C)C(N)=NO. The Hall–Kier alpha value is -1.56. The number of oxime groups is 1. The minimum Gasteiger partial charge on any atom is -0.409 e. The number of nitrogens with zero attached hydrogens (tertiary/aromatic N) is 1. The smallest absolute Gasteiger partial charge is 0.231 e. The van der Waals surface area contributed by atoms with E-state index in [0.717, 1.165) is 4.88 Å². The highest BCUT2D eigenvalue weighted by Gasteiger charge is 2.24. The summed E-state index contributed by atoms with van der Waals surface area (Å²) in [6.07, 6.45) is 0. The molecule has 100 valence electrons. The summed E-state index contributed by atoms with van der Waals surface area (Å²) in [5.41, 5.74) is 5.43. The van der Waals surface area contributed by atoms with Crippen LogP contribution >= 0.6 is 11.3 Å².